The van der Waals surface area contributed by atoms with Crippen molar-refractivity contribution in [3.05, 3.63) is 87.9 Å². The van der Waals surface area contributed by atoms with Gasteiger partial charge in [0.2, 0.25) is 0 Å². The number of carbonyl (C=O) groups is 3. The van der Waals surface area contributed by atoms with Crippen LogP contribution in [0.15, 0.2) is 92.8 Å². The summed E-state index contributed by atoms with van der Waals surface area (Å²) in [5.41, 5.74) is 6.74. The minimum Gasteiger partial charge on any atom is -0.412 e. The highest BCUT2D eigenvalue weighted by Gasteiger charge is 2.37. The number of aliphatic hydroxyl groups excluding tert-OH is 1. The lowest BCUT2D eigenvalue weighted by Gasteiger charge is -2.41. The van der Waals surface area contributed by atoms with Gasteiger partial charge >= 0.3 is 0 Å². The van der Waals surface area contributed by atoms with Gasteiger partial charge in [-0.3, -0.25) is 14.4 Å². The van der Waals surface area contributed by atoms with Crippen LogP contribution in [0.3, 0.4) is 0 Å². The van der Waals surface area contributed by atoms with Crippen molar-refractivity contribution in [2.24, 2.45) is 45.8 Å². The van der Waals surface area contributed by atoms with Gasteiger partial charge in [-0.1, -0.05) is 231 Å². The van der Waals surface area contributed by atoms with E-state index in [1.807, 2.05) is 45.9 Å². The Morgan fingerprint density at radius 3 is 1.40 bits per heavy atom. The first-order valence-corrected chi connectivity index (χ1v) is 31.8. The van der Waals surface area contributed by atoms with Crippen LogP contribution in [0, 0.1) is 45.8 Å². The van der Waals surface area contributed by atoms with Crippen LogP contribution in [0.4, 0.5) is 0 Å². The molecule has 0 spiro atoms. The average Bonchev–Trinajstić information content (AvgIpc) is 3.40. The highest BCUT2D eigenvalue weighted by atomic mass is 32.2. The fourth-order valence-corrected chi connectivity index (χ4v) is 13.3. The molecule has 0 aromatic heterocycles. The first-order valence-electron chi connectivity index (χ1n) is 31.0. The number of thioether (sulfide) groups is 1. The van der Waals surface area contributed by atoms with Gasteiger partial charge in [0.25, 0.3) is 0 Å². The largest absolute Gasteiger partial charge is 0.412 e. The molecule has 8 atom stereocenters. The fraction of sp³-hybridized carbons (Fsp3) is 0.729. The van der Waals surface area contributed by atoms with Crippen LogP contribution in [0.25, 0.3) is 0 Å². The molecule has 4 aliphatic rings. The number of hydrogen-bond donors (Lipinski definition) is 1. The highest BCUT2D eigenvalue weighted by molar-refractivity contribution is 8.03. The Morgan fingerprint density at radius 1 is 0.564 bits per heavy atom. The Morgan fingerprint density at radius 2 is 0.974 bits per heavy atom. The SMILES string of the molecule is C=C(C)[C@H]1CC(=O)C(C)=C(Sc2ccccc2)C1.CCCCCC(C)(CC)[C@@H]1CC=C(C)C(=O)C1.CCCCCC(C)(CC)[C@@H]1CC=C(C)C(CCO)C1.CCCCCCCCCC(C)(CC)[C@@H]1CC=C(C)C(=O)C1.O.O.O. The quantitative estimate of drug-likeness (QED) is 0.0683. The molecule has 78 heavy (non-hydrogen) atoms. The van der Waals surface area contributed by atoms with Crippen molar-refractivity contribution in [1.82, 2.24) is 0 Å². The summed E-state index contributed by atoms with van der Waals surface area (Å²) in [6.45, 7) is 35.5. The van der Waals surface area contributed by atoms with Crippen LogP contribution >= 0.6 is 11.8 Å². The second-order valence-electron chi connectivity index (χ2n) is 24.9. The van der Waals surface area contributed by atoms with E-state index >= 15 is 0 Å². The van der Waals surface area contributed by atoms with Crippen LogP contribution in [-0.2, 0) is 14.4 Å². The molecule has 7 nitrogen and oxygen atoms in total. The van der Waals surface area contributed by atoms with E-state index < -0.39 is 0 Å². The molecule has 0 amide bonds. The lowest BCUT2D eigenvalue weighted by molar-refractivity contribution is -0.118. The van der Waals surface area contributed by atoms with Crippen LogP contribution in [0.2, 0.25) is 0 Å². The topological polar surface area (TPSA) is 166 Å². The number of benzene rings is 1. The maximum absolute atomic E-state index is 12.0. The molecule has 5 rings (SSSR count). The van der Waals surface area contributed by atoms with Crippen LogP contribution in [0.1, 0.15) is 277 Å². The van der Waals surface area contributed by atoms with Crippen molar-refractivity contribution in [3.63, 3.8) is 0 Å². The average molecular weight is 1110 g/mol. The summed E-state index contributed by atoms with van der Waals surface area (Å²) in [4.78, 5) is 38.2. The Hall–Kier alpha value is -2.88. The Labute approximate surface area is 484 Å². The first-order chi connectivity index (χ1) is 35.7. The maximum atomic E-state index is 12.0. The molecule has 0 radical (unpaired) electrons. The summed E-state index contributed by atoms with van der Waals surface area (Å²) in [5, 5.41) is 9.23. The lowest BCUT2D eigenvalue weighted by atomic mass is 9.64. The third kappa shape index (κ3) is 26.4. The van der Waals surface area contributed by atoms with Crippen molar-refractivity contribution in [3.8, 4) is 0 Å². The van der Waals surface area contributed by atoms with Gasteiger partial charge in [-0.05, 0) is 166 Å². The smallest absolute Gasteiger partial charge is 0.159 e. The lowest BCUT2D eigenvalue weighted by Crippen LogP contribution is -2.31. The van der Waals surface area contributed by atoms with Crippen molar-refractivity contribution in [2.45, 2.75) is 282 Å². The second kappa shape index (κ2) is 41.2. The number of aliphatic hydroxyl groups is 1. The van der Waals surface area contributed by atoms with Crippen LogP contribution in [0.5, 0.6) is 0 Å². The van der Waals surface area contributed by atoms with Crippen molar-refractivity contribution >= 4 is 29.1 Å². The summed E-state index contributed by atoms with van der Waals surface area (Å²) in [7, 11) is 0. The summed E-state index contributed by atoms with van der Waals surface area (Å²) < 4.78 is 0. The molecule has 4 unspecified atom stereocenters. The minimum atomic E-state index is 0. The van der Waals surface area contributed by atoms with E-state index in [9.17, 15) is 19.5 Å². The Bertz CT molecular complexity index is 1980. The zero-order valence-electron chi connectivity index (χ0n) is 52.8. The number of ketones is 3. The normalized spacial score (nSPS) is 22.4. The summed E-state index contributed by atoms with van der Waals surface area (Å²) in [6, 6.07) is 10.2. The van der Waals surface area contributed by atoms with E-state index in [0.29, 0.717) is 64.5 Å². The van der Waals surface area contributed by atoms with Gasteiger partial charge in [-0.2, -0.15) is 0 Å². The molecule has 0 saturated carbocycles. The number of allylic oxidation sites excluding steroid dienone is 9. The first kappa shape index (κ1) is 77.2. The van der Waals surface area contributed by atoms with E-state index in [1.165, 1.54) is 150 Å². The molecular formula is C70H122O7S. The second-order valence-corrected chi connectivity index (χ2v) is 26.0. The molecule has 8 heteroatoms. The van der Waals surface area contributed by atoms with Crippen LogP contribution in [-0.4, -0.2) is 45.5 Å². The van der Waals surface area contributed by atoms with E-state index in [0.717, 1.165) is 66.7 Å². The predicted molar refractivity (Wildman–Crippen MR) is 339 cm³/mol. The van der Waals surface area contributed by atoms with Gasteiger partial charge in [-0.15, -0.1) is 0 Å². The van der Waals surface area contributed by atoms with Crippen molar-refractivity contribution in [1.29, 1.82) is 0 Å². The summed E-state index contributed by atoms with van der Waals surface area (Å²) in [6.07, 6.45) is 40.9. The molecule has 450 valence electrons. The van der Waals surface area contributed by atoms with Crippen molar-refractivity contribution in [2.75, 3.05) is 6.61 Å². The molecule has 0 aliphatic heterocycles. The number of hydrogen-bond acceptors (Lipinski definition) is 5. The Kier molecular flexibility index (Phi) is 40.7. The molecular weight excluding hydrogens is 985 g/mol. The zero-order valence-corrected chi connectivity index (χ0v) is 53.6. The zero-order chi connectivity index (χ0) is 56.0. The molecule has 7 N–H and O–H groups in total. The highest BCUT2D eigenvalue weighted by Crippen LogP contribution is 2.47. The van der Waals surface area contributed by atoms with Gasteiger partial charge in [0, 0.05) is 36.3 Å². The molecule has 0 heterocycles. The number of rotatable bonds is 27. The molecule has 1 aromatic rings. The van der Waals surface area contributed by atoms with Crippen molar-refractivity contribution < 1.29 is 35.9 Å². The molecule has 0 saturated heterocycles. The number of unbranched alkanes of at least 4 members (excludes halogenated alkanes) is 10. The summed E-state index contributed by atoms with van der Waals surface area (Å²) >= 11 is 1.72. The van der Waals surface area contributed by atoms with Gasteiger partial charge in [0.1, 0.15) is 0 Å². The molecule has 1 aromatic carbocycles. The molecule has 4 aliphatic carbocycles. The maximum Gasteiger partial charge on any atom is 0.159 e. The van der Waals surface area contributed by atoms with E-state index in [2.05, 4.69) is 106 Å². The number of Topliss-reactive ketones (excluding diaryl/α,β-unsaturated/α-hetero) is 3. The predicted octanol–water partition coefficient (Wildman–Crippen LogP) is 18.8. The van der Waals surface area contributed by atoms with E-state index in [1.54, 1.807) is 11.8 Å². The Balaban J connectivity index is 0. The minimum absolute atomic E-state index is 0. The summed E-state index contributed by atoms with van der Waals surface area (Å²) in [5.74, 6) is 3.91. The third-order valence-corrected chi connectivity index (χ3v) is 20.6. The van der Waals surface area contributed by atoms with Gasteiger partial charge in [0.05, 0.1) is 0 Å². The molecule has 0 fully saturated rings. The third-order valence-electron chi connectivity index (χ3n) is 19.4. The molecule has 0 bridgehead atoms. The van der Waals surface area contributed by atoms with E-state index in [4.69, 9.17) is 0 Å². The standard InChI is InChI=1S/C20H36O.C18H34O.C16H18OS.C16H28O.3H2O/c1-5-7-8-9-10-11-12-15-20(4,6-2)18-14-13-17(3)19(21)16-18;1-5-7-8-12-18(4,6-2)17-10-9-15(3)16(14-17)11-13-19;1-11(2)13-9-15(17)12(3)16(10-13)18-14-7-5-4-6-8-14;1-5-7-8-11-16(4,6-2)14-10-9-13(3)15(17)12-14;;;/h13,18H,5-12,14-16H2,1-4H3;9,16-17,19H,5-8,10-14H2,1-4H3;4-8,13H,1,9-10H2,2-3H3;9,14H,5-8,10-12H2,1-4H3;3*1H2/t18-,20?;16?,17-,18?;13-;14-,16?;;;/m1101.../s1. The number of carbonyl (C=O) groups excluding carboxylic acids is 3. The monoisotopic (exact) mass is 1110 g/mol. The fourth-order valence-electron chi connectivity index (χ4n) is 12.2. The van der Waals surface area contributed by atoms with E-state index in [-0.39, 0.29) is 22.2 Å². The van der Waals surface area contributed by atoms with Gasteiger partial charge in [0.15, 0.2) is 17.3 Å². The van der Waals surface area contributed by atoms with Gasteiger partial charge in [-0.25, -0.2) is 0 Å². The van der Waals surface area contributed by atoms with Gasteiger partial charge < -0.3 is 21.5 Å². The van der Waals surface area contributed by atoms with Crippen LogP contribution < -0.4 is 0 Å².